The molecular formula is C27H26N6O2. The molecule has 0 unspecified atom stereocenters. The van der Waals surface area contributed by atoms with Gasteiger partial charge >= 0.3 is 6.03 Å². The van der Waals surface area contributed by atoms with Crippen LogP contribution in [0.15, 0.2) is 79.1 Å². The minimum atomic E-state index is -0.301. The van der Waals surface area contributed by atoms with Crippen molar-refractivity contribution in [2.75, 3.05) is 41.8 Å². The summed E-state index contributed by atoms with van der Waals surface area (Å²) in [5.74, 6) is 1.54. The molecule has 4 aromatic rings. The third-order valence-corrected chi connectivity index (χ3v) is 5.82. The van der Waals surface area contributed by atoms with Gasteiger partial charge in [-0.05, 0) is 55.5 Å². The molecule has 0 spiro atoms. The standard InChI is InChI=1S/C27H26N6O2/c1-19-24(20-11-13-28-14-12-20)31-25(32-26(19)33-15-17-35-18-16-33)21-7-9-23(10-8-21)30-27(34)29-22-5-3-2-4-6-22/h2-14H,15-18H2,1H3,(H2,29,30,34). The van der Waals surface area contributed by atoms with Gasteiger partial charge in [0.1, 0.15) is 5.82 Å². The van der Waals surface area contributed by atoms with E-state index in [0.29, 0.717) is 24.7 Å². The Hall–Kier alpha value is -4.30. The number of morpholine rings is 1. The number of nitrogens with one attached hydrogen (secondary N) is 2. The molecule has 2 aromatic heterocycles. The van der Waals surface area contributed by atoms with Gasteiger partial charge in [-0.15, -0.1) is 0 Å². The highest BCUT2D eigenvalue weighted by molar-refractivity contribution is 5.99. The van der Waals surface area contributed by atoms with Crippen LogP contribution in [0.25, 0.3) is 22.6 Å². The van der Waals surface area contributed by atoms with E-state index >= 15 is 0 Å². The molecular weight excluding hydrogens is 440 g/mol. The molecule has 2 N–H and O–H groups in total. The van der Waals surface area contributed by atoms with Gasteiger partial charge in [-0.2, -0.15) is 0 Å². The van der Waals surface area contributed by atoms with E-state index in [1.165, 1.54) is 0 Å². The summed E-state index contributed by atoms with van der Waals surface area (Å²) in [6, 6.07) is 20.5. The van der Waals surface area contributed by atoms with Crippen LogP contribution in [0.2, 0.25) is 0 Å². The zero-order valence-corrected chi connectivity index (χ0v) is 19.4. The zero-order valence-electron chi connectivity index (χ0n) is 19.4. The summed E-state index contributed by atoms with van der Waals surface area (Å²) in [6.07, 6.45) is 3.54. The number of para-hydroxylation sites is 1. The summed E-state index contributed by atoms with van der Waals surface area (Å²) < 4.78 is 5.54. The second-order valence-electron chi connectivity index (χ2n) is 8.20. The summed E-state index contributed by atoms with van der Waals surface area (Å²) in [6.45, 7) is 4.98. The Kier molecular flexibility index (Phi) is 6.63. The lowest BCUT2D eigenvalue weighted by molar-refractivity contribution is 0.122. The van der Waals surface area contributed by atoms with Crippen molar-refractivity contribution in [2.45, 2.75) is 6.92 Å². The molecule has 1 aliphatic heterocycles. The first-order chi connectivity index (χ1) is 17.2. The highest BCUT2D eigenvalue weighted by Crippen LogP contribution is 2.31. The number of benzene rings is 2. The first kappa shape index (κ1) is 22.5. The molecule has 8 heteroatoms. The van der Waals surface area contributed by atoms with Crippen LogP contribution in [-0.2, 0) is 4.74 Å². The Balaban J connectivity index is 1.43. The molecule has 3 heterocycles. The average molecular weight is 467 g/mol. The van der Waals surface area contributed by atoms with E-state index in [9.17, 15) is 4.79 Å². The molecule has 1 saturated heterocycles. The topological polar surface area (TPSA) is 92.3 Å². The zero-order chi connectivity index (χ0) is 24.0. The Morgan fingerprint density at radius 1 is 0.829 bits per heavy atom. The Morgan fingerprint density at radius 3 is 2.17 bits per heavy atom. The number of urea groups is 1. The van der Waals surface area contributed by atoms with E-state index in [1.807, 2.05) is 66.7 Å². The van der Waals surface area contributed by atoms with Gasteiger partial charge in [0, 0.05) is 53.5 Å². The molecule has 0 aliphatic carbocycles. The highest BCUT2D eigenvalue weighted by atomic mass is 16.5. The maximum absolute atomic E-state index is 12.3. The normalized spacial score (nSPS) is 13.3. The van der Waals surface area contributed by atoms with Gasteiger partial charge in [0.25, 0.3) is 0 Å². The summed E-state index contributed by atoms with van der Waals surface area (Å²) in [5.41, 5.74) is 5.17. The van der Waals surface area contributed by atoms with E-state index in [2.05, 4.69) is 27.4 Å². The summed E-state index contributed by atoms with van der Waals surface area (Å²) in [7, 11) is 0. The largest absolute Gasteiger partial charge is 0.378 e. The second-order valence-corrected chi connectivity index (χ2v) is 8.20. The fraction of sp³-hybridized carbons (Fsp3) is 0.185. The van der Waals surface area contributed by atoms with Crippen LogP contribution < -0.4 is 15.5 Å². The van der Waals surface area contributed by atoms with Crippen molar-refractivity contribution in [3.63, 3.8) is 0 Å². The van der Waals surface area contributed by atoms with E-state index < -0.39 is 0 Å². The van der Waals surface area contributed by atoms with Crippen LogP contribution in [0.4, 0.5) is 22.0 Å². The molecule has 0 bridgehead atoms. The number of hydrogen-bond acceptors (Lipinski definition) is 6. The predicted octanol–water partition coefficient (Wildman–Crippen LogP) is 4.99. The molecule has 0 atom stereocenters. The maximum Gasteiger partial charge on any atom is 0.323 e. The van der Waals surface area contributed by atoms with Gasteiger partial charge in [-0.25, -0.2) is 14.8 Å². The predicted molar refractivity (Wildman–Crippen MR) is 138 cm³/mol. The van der Waals surface area contributed by atoms with Crippen LogP contribution in [0.5, 0.6) is 0 Å². The minimum absolute atomic E-state index is 0.301. The molecule has 1 aliphatic rings. The lowest BCUT2D eigenvalue weighted by Crippen LogP contribution is -2.37. The molecule has 176 valence electrons. The lowest BCUT2D eigenvalue weighted by atomic mass is 10.1. The van der Waals surface area contributed by atoms with E-state index in [1.54, 1.807) is 12.4 Å². The van der Waals surface area contributed by atoms with Crippen LogP contribution in [-0.4, -0.2) is 47.3 Å². The molecule has 35 heavy (non-hydrogen) atoms. The van der Waals surface area contributed by atoms with Crippen molar-refractivity contribution in [1.29, 1.82) is 0 Å². The van der Waals surface area contributed by atoms with Crippen molar-refractivity contribution in [2.24, 2.45) is 0 Å². The lowest BCUT2D eigenvalue weighted by Gasteiger charge is -2.30. The number of hydrogen-bond donors (Lipinski definition) is 2. The fourth-order valence-corrected chi connectivity index (χ4v) is 4.03. The van der Waals surface area contributed by atoms with Crippen LogP contribution in [0.1, 0.15) is 5.56 Å². The number of ether oxygens (including phenoxy) is 1. The minimum Gasteiger partial charge on any atom is -0.378 e. The number of amides is 2. The first-order valence-electron chi connectivity index (χ1n) is 11.5. The summed E-state index contributed by atoms with van der Waals surface area (Å²) in [4.78, 5) is 28.6. The van der Waals surface area contributed by atoms with Crippen molar-refractivity contribution in [1.82, 2.24) is 15.0 Å². The smallest absolute Gasteiger partial charge is 0.323 e. The first-order valence-corrected chi connectivity index (χ1v) is 11.5. The van der Waals surface area contributed by atoms with Crippen molar-refractivity contribution < 1.29 is 9.53 Å². The molecule has 2 amide bonds. The summed E-state index contributed by atoms with van der Waals surface area (Å²) >= 11 is 0. The van der Waals surface area contributed by atoms with Crippen molar-refractivity contribution in [3.05, 3.63) is 84.7 Å². The van der Waals surface area contributed by atoms with Crippen LogP contribution >= 0.6 is 0 Å². The number of carbonyl (C=O) groups is 1. The number of anilines is 3. The van der Waals surface area contributed by atoms with Gasteiger partial charge in [0.15, 0.2) is 5.82 Å². The third kappa shape index (κ3) is 5.28. The highest BCUT2D eigenvalue weighted by Gasteiger charge is 2.20. The van der Waals surface area contributed by atoms with Crippen LogP contribution in [0, 0.1) is 6.92 Å². The third-order valence-electron chi connectivity index (χ3n) is 5.82. The van der Waals surface area contributed by atoms with Crippen LogP contribution in [0.3, 0.4) is 0 Å². The summed E-state index contributed by atoms with van der Waals surface area (Å²) in [5, 5.41) is 5.68. The number of aromatic nitrogens is 3. The van der Waals surface area contributed by atoms with Gasteiger partial charge in [0.05, 0.1) is 18.9 Å². The molecule has 1 fully saturated rings. The molecule has 2 aromatic carbocycles. The van der Waals surface area contributed by atoms with E-state index in [4.69, 9.17) is 14.7 Å². The molecule has 0 saturated carbocycles. The van der Waals surface area contributed by atoms with Gasteiger partial charge < -0.3 is 20.3 Å². The molecule has 8 nitrogen and oxygen atoms in total. The van der Waals surface area contributed by atoms with Crippen molar-refractivity contribution in [3.8, 4) is 22.6 Å². The van der Waals surface area contributed by atoms with E-state index in [-0.39, 0.29) is 6.03 Å². The average Bonchev–Trinajstić information content (AvgIpc) is 2.91. The van der Waals surface area contributed by atoms with Gasteiger partial charge in [-0.1, -0.05) is 18.2 Å². The van der Waals surface area contributed by atoms with E-state index in [0.717, 1.165) is 47.0 Å². The fourth-order valence-electron chi connectivity index (χ4n) is 4.03. The monoisotopic (exact) mass is 466 g/mol. The Labute approximate surface area is 204 Å². The number of carbonyl (C=O) groups excluding carboxylic acids is 1. The number of rotatable bonds is 5. The van der Waals surface area contributed by atoms with Crippen molar-refractivity contribution >= 4 is 23.2 Å². The molecule has 5 rings (SSSR count). The molecule has 0 radical (unpaired) electrons. The number of pyridine rings is 1. The Morgan fingerprint density at radius 2 is 1.49 bits per heavy atom. The van der Waals surface area contributed by atoms with Gasteiger partial charge in [-0.3, -0.25) is 4.98 Å². The Bertz CT molecular complexity index is 1290. The quantitative estimate of drug-likeness (QED) is 0.430. The van der Waals surface area contributed by atoms with Gasteiger partial charge in [0.2, 0.25) is 0 Å². The second kappa shape index (κ2) is 10.3. The number of nitrogens with zero attached hydrogens (tertiary/aromatic N) is 4. The maximum atomic E-state index is 12.3. The SMILES string of the molecule is Cc1c(-c2ccncc2)nc(-c2ccc(NC(=O)Nc3ccccc3)cc2)nc1N1CCOCC1.